The summed E-state index contributed by atoms with van der Waals surface area (Å²) in [6.07, 6.45) is 9.28. The highest BCUT2D eigenvalue weighted by molar-refractivity contribution is 6.06. The maximum atomic E-state index is 13.4. The molecule has 18 heteroatoms. The van der Waals surface area contributed by atoms with E-state index in [2.05, 4.69) is 32.3 Å². The van der Waals surface area contributed by atoms with Gasteiger partial charge < -0.3 is 44.4 Å². The molecule has 2 aliphatic rings. The number of hydrogen-bond donors (Lipinski definition) is 3. The van der Waals surface area contributed by atoms with E-state index in [-0.39, 0.29) is 60.6 Å². The number of carbonyl (C=O) groups excluding carboxylic acids is 5. The Hall–Kier alpha value is -7.76. The van der Waals surface area contributed by atoms with Crippen LogP contribution in [0, 0.1) is 0 Å². The van der Waals surface area contributed by atoms with Crippen LogP contribution in [-0.2, 0) is 32.4 Å². The normalized spacial score (nSPS) is 14.5. The maximum Gasteiger partial charge on any atom is 0.295 e. The number of anilines is 3. The summed E-state index contributed by atoms with van der Waals surface area (Å²) in [5.74, 6) is -0.464. The van der Waals surface area contributed by atoms with E-state index in [9.17, 15) is 24.0 Å². The fraction of sp³-hybridized carbons (Fsp3) is 0.256. The van der Waals surface area contributed by atoms with E-state index in [0.29, 0.717) is 76.0 Å². The number of methoxy groups -OCH3 is 1. The SMILES string of the molecule is C=C1C[C@H]2C=Nc3cc(OCCCC(=O)Nc4cn(C)c(C(=O)Cc5cc(C(=O)Nc6cc(C(=O)n7ncc8cc(N)ccc87)n(C)c6)n(C)c5)n4)c(OC)cc3C(=O)N2C1. The van der Waals surface area contributed by atoms with Crippen LogP contribution in [0.3, 0.4) is 0 Å². The van der Waals surface area contributed by atoms with Gasteiger partial charge in [-0.2, -0.15) is 9.78 Å². The number of hydrogen-bond acceptors (Lipinski definition) is 11. The Labute approximate surface area is 349 Å². The van der Waals surface area contributed by atoms with Gasteiger partial charge in [-0.1, -0.05) is 12.2 Å². The third-order valence-corrected chi connectivity index (χ3v) is 10.6. The number of amides is 3. The van der Waals surface area contributed by atoms with Gasteiger partial charge in [0.2, 0.25) is 11.7 Å². The Balaban J connectivity index is 0.836. The lowest BCUT2D eigenvalue weighted by Gasteiger charge is -2.20. The molecule has 3 amide bonds. The molecule has 4 N–H and O–H groups in total. The number of aliphatic imine (C=N–C) groups is 1. The van der Waals surface area contributed by atoms with Gasteiger partial charge in [0.05, 0.1) is 48.4 Å². The molecule has 8 rings (SSSR count). The van der Waals surface area contributed by atoms with Crippen molar-refractivity contribution >= 4 is 69.4 Å². The highest BCUT2D eigenvalue weighted by Crippen LogP contribution is 2.38. The molecule has 312 valence electrons. The lowest BCUT2D eigenvalue weighted by atomic mass is 10.1. The minimum absolute atomic E-state index is 0.0512. The molecule has 2 aliphatic heterocycles. The Morgan fingerprint density at radius 2 is 1.75 bits per heavy atom. The van der Waals surface area contributed by atoms with Gasteiger partial charge >= 0.3 is 0 Å². The number of Topliss-reactive ketones (excluding diaryl/α,β-unsaturated/α-hetero) is 1. The average molecular weight is 826 g/mol. The molecule has 61 heavy (non-hydrogen) atoms. The Bertz CT molecular complexity index is 2820. The second-order valence-electron chi connectivity index (χ2n) is 15.1. The molecule has 6 heterocycles. The van der Waals surface area contributed by atoms with Crippen LogP contribution < -0.4 is 25.8 Å². The number of carbonyl (C=O) groups is 5. The molecule has 2 aromatic carbocycles. The van der Waals surface area contributed by atoms with Crippen molar-refractivity contribution in [1.29, 1.82) is 0 Å². The van der Waals surface area contributed by atoms with Crippen molar-refractivity contribution in [1.82, 2.24) is 33.4 Å². The predicted octanol–water partition coefficient (Wildman–Crippen LogP) is 4.69. The van der Waals surface area contributed by atoms with Crippen molar-refractivity contribution in [3.63, 3.8) is 0 Å². The Kier molecular flexibility index (Phi) is 10.6. The quantitative estimate of drug-likeness (QED) is 0.0632. The van der Waals surface area contributed by atoms with E-state index in [4.69, 9.17) is 15.2 Å². The first-order valence-electron chi connectivity index (χ1n) is 19.4. The smallest absolute Gasteiger partial charge is 0.295 e. The molecule has 18 nitrogen and oxygen atoms in total. The van der Waals surface area contributed by atoms with Crippen LogP contribution in [0.15, 0.2) is 84.4 Å². The topological polar surface area (TPSA) is 215 Å². The van der Waals surface area contributed by atoms with Crippen LogP contribution in [-0.4, -0.2) is 95.3 Å². The number of aryl methyl sites for hydroxylation is 3. The molecule has 0 aliphatic carbocycles. The molecular formula is C43H43N11O7. The van der Waals surface area contributed by atoms with E-state index >= 15 is 0 Å². The molecule has 0 unspecified atom stereocenters. The van der Waals surface area contributed by atoms with E-state index in [1.54, 1.807) is 109 Å². The van der Waals surface area contributed by atoms with Crippen molar-refractivity contribution in [2.45, 2.75) is 31.7 Å². The zero-order chi connectivity index (χ0) is 43.1. The van der Waals surface area contributed by atoms with Crippen LogP contribution in [0.5, 0.6) is 11.5 Å². The molecule has 1 fully saturated rings. The molecule has 0 spiro atoms. The lowest BCUT2D eigenvalue weighted by Crippen LogP contribution is -2.35. The molecule has 0 bridgehead atoms. The standard InChI is InChI=1S/C43H43N11O7/c1-24-11-29-19-45-31-17-37(36(60-5)16-30(31)42(58)53(29)20-24)61-10-6-7-39(56)48-38-23-52(4)40(49-38)35(55)13-25-12-33(50(2)21-25)41(57)47-28-15-34(51(3)22-28)43(59)54-32-9-8-27(44)14-26(32)18-46-54/h8-9,12,14-19,21-23,29H,1,6-7,10-11,13,20,44H2,2-5H3,(H,47,57)(H,48,56)/t29-/m0/s1. The van der Waals surface area contributed by atoms with Gasteiger partial charge in [0.25, 0.3) is 17.7 Å². The minimum Gasteiger partial charge on any atom is -0.493 e. The molecule has 1 atom stereocenters. The number of ether oxygens (including phenoxy) is 2. The van der Waals surface area contributed by atoms with E-state index in [1.807, 2.05) is 0 Å². The minimum atomic E-state index is -0.437. The fourth-order valence-corrected chi connectivity index (χ4v) is 7.59. The van der Waals surface area contributed by atoms with Crippen molar-refractivity contribution < 1.29 is 33.4 Å². The van der Waals surface area contributed by atoms with Gasteiger partial charge in [-0.05, 0) is 54.8 Å². The number of nitrogens with zero attached hydrogens (tertiary/aromatic N) is 8. The lowest BCUT2D eigenvalue weighted by molar-refractivity contribution is -0.116. The highest BCUT2D eigenvalue weighted by atomic mass is 16.5. The van der Waals surface area contributed by atoms with Gasteiger partial charge in [-0.3, -0.25) is 29.0 Å². The first kappa shape index (κ1) is 40.0. The van der Waals surface area contributed by atoms with Crippen molar-refractivity contribution in [2.75, 3.05) is 36.6 Å². The fourth-order valence-electron chi connectivity index (χ4n) is 7.59. The first-order valence-corrected chi connectivity index (χ1v) is 19.4. The summed E-state index contributed by atoms with van der Waals surface area (Å²) in [4.78, 5) is 76.9. The second kappa shape index (κ2) is 16.1. The van der Waals surface area contributed by atoms with Crippen molar-refractivity contribution in [3.05, 3.63) is 108 Å². The summed E-state index contributed by atoms with van der Waals surface area (Å²) in [6.45, 7) is 4.68. The monoisotopic (exact) mass is 825 g/mol. The molecular weight excluding hydrogens is 783 g/mol. The van der Waals surface area contributed by atoms with Gasteiger partial charge in [-0.15, -0.1) is 0 Å². The molecule has 6 aromatic rings. The Morgan fingerprint density at radius 1 is 0.951 bits per heavy atom. The number of ketones is 1. The van der Waals surface area contributed by atoms with E-state index in [1.165, 1.54) is 16.4 Å². The van der Waals surface area contributed by atoms with Crippen LogP contribution in [0.1, 0.15) is 66.8 Å². The number of benzene rings is 2. The number of nitrogen functional groups attached to an aromatic ring is 1. The number of aromatic nitrogens is 6. The molecule has 1 saturated heterocycles. The summed E-state index contributed by atoms with van der Waals surface area (Å²) < 4.78 is 17.5. The number of nitrogens with one attached hydrogen (secondary N) is 2. The van der Waals surface area contributed by atoms with Gasteiger partial charge in [0.1, 0.15) is 11.4 Å². The zero-order valence-electron chi connectivity index (χ0n) is 34.0. The van der Waals surface area contributed by atoms with Crippen LogP contribution >= 0.6 is 0 Å². The summed E-state index contributed by atoms with van der Waals surface area (Å²) in [6, 6.07) is 11.5. The van der Waals surface area contributed by atoms with Gasteiger partial charge in [0.15, 0.2) is 23.1 Å². The first-order chi connectivity index (χ1) is 29.3. The Morgan fingerprint density at radius 3 is 2.56 bits per heavy atom. The summed E-state index contributed by atoms with van der Waals surface area (Å²) in [5.41, 5.74) is 10.5. The summed E-state index contributed by atoms with van der Waals surface area (Å²) >= 11 is 0. The zero-order valence-corrected chi connectivity index (χ0v) is 34.0. The number of fused-ring (bicyclic) bond motifs is 3. The number of imidazole rings is 1. The number of rotatable bonds is 13. The third kappa shape index (κ3) is 8.02. The van der Waals surface area contributed by atoms with Gasteiger partial charge in [0, 0.05) is 82.5 Å². The third-order valence-electron chi connectivity index (χ3n) is 10.6. The van der Waals surface area contributed by atoms with Crippen molar-refractivity contribution in [3.8, 4) is 11.5 Å². The number of nitrogens with two attached hydrogens (primary N) is 1. The largest absolute Gasteiger partial charge is 0.493 e. The summed E-state index contributed by atoms with van der Waals surface area (Å²) in [5, 5.41) is 10.5. The summed E-state index contributed by atoms with van der Waals surface area (Å²) in [7, 11) is 6.54. The molecule has 0 saturated carbocycles. The average Bonchev–Trinajstić information content (AvgIpc) is 4.05. The van der Waals surface area contributed by atoms with Crippen LogP contribution in [0.4, 0.5) is 22.9 Å². The van der Waals surface area contributed by atoms with Crippen LogP contribution in [0.2, 0.25) is 0 Å². The van der Waals surface area contributed by atoms with Crippen molar-refractivity contribution in [2.24, 2.45) is 26.1 Å². The predicted molar refractivity (Wildman–Crippen MR) is 227 cm³/mol. The highest BCUT2D eigenvalue weighted by Gasteiger charge is 2.34. The van der Waals surface area contributed by atoms with Gasteiger partial charge in [-0.25, -0.2) is 4.98 Å². The van der Waals surface area contributed by atoms with E-state index in [0.717, 1.165) is 11.0 Å². The molecule has 0 radical (unpaired) electrons. The molecule has 4 aromatic heterocycles. The van der Waals surface area contributed by atoms with Crippen LogP contribution in [0.25, 0.3) is 10.9 Å². The van der Waals surface area contributed by atoms with E-state index < -0.39 is 5.91 Å². The maximum absolute atomic E-state index is 13.4. The second-order valence-corrected chi connectivity index (χ2v) is 15.1.